The first-order valence-electron chi connectivity index (χ1n) is 7.36. The van der Waals surface area contributed by atoms with Gasteiger partial charge in [0, 0.05) is 10.6 Å². The molecule has 1 aromatic carbocycles. The molecule has 0 amide bonds. The number of hydrogen-bond acceptors (Lipinski definition) is 5. The summed E-state index contributed by atoms with van der Waals surface area (Å²) >= 11 is 12.7. The van der Waals surface area contributed by atoms with E-state index in [2.05, 4.69) is 15.4 Å². The molecule has 0 radical (unpaired) electrons. The lowest BCUT2D eigenvalue weighted by atomic mass is 9.91. The molecule has 1 aromatic heterocycles. The summed E-state index contributed by atoms with van der Waals surface area (Å²) in [6.45, 7) is 0. The minimum atomic E-state index is -1.07. The van der Waals surface area contributed by atoms with E-state index in [4.69, 9.17) is 23.8 Å². The summed E-state index contributed by atoms with van der Waals surface area (Å²) in [5.41, 5.74) is 0.336. The number of esters is 1. The Labute approximate surface area is 162 Å². The Bertz CT molecular complexity index is 908. The molecule has 0 unspecified atom stereocenters. The number of carbonyl (C=O) groups excluding carboxylic acids is 2. The molecule has 1 atom stereocenters. The summed E-state index contributed by atoms with van der Waals surface area (Å²) in [6.07, 6.45) is 0. The van der Waals surface area contributed by atoms with Gasteiger partial charge in [0.1, 0.15) is 5.82 Å². The second kappa shape index (κ2) is 7.53. The zero-order chi connectivity index (χ0) is 18.8. The van der Waals surface area contributed by atoms with Gasteiger partial charge in [-0.25, -0.2) is 9.18 Å². The van der Waals surface area contributed by atoms with Crippen LogP contribution in [0.15, 0.2) is 41.3 Å². The Balaban J connectivity index is 2.27. The van der Waals surface area contributed by atoms with Crippen LogP contribution in [0, 0.1) is 5.82 Å². The maximum atomic E-state index is 14.5. The molecule has 134 valence electrons. The Kier molecular flexibility index (Phi) is 5.36. The summed E-state index contributed by atoms with van der Waals surface area (Å²) in [5.74, 6) is -2.61. The van der Waals surface area contributed by atoms with E-state index < -0.39 is 23.6 Å². The van der Waals surface area contributed by atoms with Crippen LogP contribution in [0.3, 0.4) is 0 Å². The van der Waals surface area contributed by atoms with Crippen LogP contribution in [-0.2, 0) is 14.3 Å². The Morgan fingerprint density at radius 3 is 2.69 bits per heavy atom. The fourth-order valence-corrected chi connectivity index (χ4v) is 3.86. The smallest absolute Gasteiger partial charge is 0.379 e. The first-order chi connectivity index (χ1) is 12.4. The van der Waals surface area contributed by atoms with Gasteiger partial charge in [-0.2, -0.15) is 0 Å². The van der Waals surface area contributed by atoms with E-state index in [9.17, 15) is 14.0 Å². The van der Waals surface area contributed by atoms with Crippen molar-refractivity contribution >= 4 is 57.7 Å². The highest BCUT2D eigenvalue weighted by atomic mass is 35.5. The molecule has 2 aromatic rings. The molecule has 2 heterocycles. The van der Waals surface area contributed by atoms with Crippen molar-refractivity contribution in [1.29, 1.82) is 0 Å². The van der Waals surface area contributed by atoms with E-state index >= 15 is 0 Å². The molecule has 0 saturated carbocycles. The lowest BCUT2D eigenvalue weighted by molar-refractivity contribution is -0.150. The summed E-state index contributed by atoms with van der Waals surface area (Å²) in [7, 11) is 1.10. The van der Waals surface area contributed by atoms with Crippen LogP contribution in [0.25, 0.3) is 5.70 Å². The number of methoxy groups -OCH3 is 1. The number of hydrogen-bond donors (Lipinski definition) is 2. The fraction of sp³-hybridized carbons (Fsp3) is 0.118. The normalized spacial score (nSPS) is 16.7. The van der Waals surface area contributed by atoms with Gasteiger partial charge in [0.25, 0.3) is 5.78 Å². The molecule has 0 bridgehead atoms. The van der Waals surface area contributed by atoms with Crippen LogP contribution in [0.4, 0.5) is 4.39 Å². The van der Waals surface area contributed by atoms with Crippen LogP contribution in [0.1, 0.15) is 16.5 Å². The van der Waals surface area contributed by atoms with Crippen molar-refractivity contribution in [3.8, 4) is 0 Å². The van der Waals surface area contributed by atoms with Crippen LogP contribution >= 0.6 is 35.2 Å². The van der Waals surface area contributed by atoms with Gasteiger partial charge in [-0.15, -0.1) is 11.3 Å². The van der Waals surface area contributed by atoms with Crippen molar-refractivity contribution in [1.82, 2.24) is 10.6 Å². The predicted molar refractivity (Wildman–Crippen MR) is 101 cm³/mol. The number of thiocarbonyl (C=S) groups is 1. The molecule has 0 fully saturated rings. The molecule has 0 aliphatic carbocycles. The van der Waals surface area contributed by atoms with Crippen molar-refractivity contribution in [2.24, 2.45) is 0 Å². The maximum absolute atomic E-state index is 14.5. The second-order valence-corrected chi connectivity index (χ2v) is 7.02. The number of thiophene rings is 1. The molecule has 3 rings (SSSR count). The van der Waals surface area contributed by atoms with Gasteiger partial charge in [-0.3, -0.25) is 4.79 Å². The Morgan fingerprint density at radius 1 is 1.31 bits per heavy atom. The van der Waals surface area contributed by atoms with E-state index in [0.717, 1.165) is 7.11 Å². The third kappa shape index (κ3) is 3.35. The molecule has 5 nitrogen and oxygen atoms in total. The van der Waals surface area contributed by atoms with Crippen LogP contribution in [0.5, 0.6) is 0 Å². The predicted octanol–water partition coefficient (Wildman–Crippen LogP) is 3.21. The molecular weight excluding hydrogens is 399 g/mol. The number of carbonyl (C=O) groups is 2. The number of Topliss-reactive ketones (excluding diaryl/α,β-unsaturated/α-hetero) is 1. The molecule has 26 heavy (non-hydrogen) atoms. The average molecular weight is 411 g/mol. The minimum Gasteiger partial charge on any atom is -0.463 e. The van der Waals surface area contributed by atoms with Gasteiger partial charge < -0.3 is 15.4 Å². The van der Waals surface area contributed by atoms with Crippen molar-refractivity contribution in [2.75, 3.05) is 7.11 Å². The number of halogens is 2. The monoisotopic (exact) mass is 410 g/mol. The van der Waals surface area contributed by atoms with Crippen LogP contribution < -0.4 is 10.6 Å². The summed E-state index contributed by atoms with van der Waals surface area (Å²) < 4.78 is 19.1. The topological polar surface area (TPSA) is 67.4 Å². The Morgan fingerprint density at radius 2 is 2.08 bits per heavy atom. The van der Waals surface area contributed by atoms with Gasteiger partial charge in [0.15, 0.2) is 5.11 Å². The summed E-state index contributed by atoms with van der Waals surface area (Å²) in [5, 5.41) is 7.80. The first kappa shape index (κ1) is 18.5. The van der Waals surface area contributed by atoms with Crippen molar-refractivity contribution in [2.45, 2.75) is 6.04 Å². The number of ketones is 1. The van der Waals surface area contributed by atoms with E-state index in [1.54, 1.807) is 17.5 Å². The molecule has 1 aliphatic heterocycles. The van der Waals surface area contributed by atoms with Crippen molar-refractivity contribution in [3.05, 3.63) is 62.6 Å². The van der Waals surface area contributed by atoms with Gasteiger partial charge in [-0.05, 0) is 35.8 Å². The molecule has 1 aliphatic rings. The number of rotatable bonds is 4. The summed E-state index contributed by atoms with van der Waals surface area (Å²) in [4.78, 5) is 25.3. The number of nitrogens with one attached hydrogen (secondary N) is 2. The zero-order valence-electron chi connectivity index (χ0n) is 13.3. The highest BCUT2D eigenvalue weighted by Crippen LogP contribution is 2.37. The van der Waals surface area contributed by atoms with Gasteiger partial charge in [0.05, 0.1) is 29.3 Å². The van der Waals surface area contributed by atoms with Crippen molar-refractivity contribution in [3.63, 3.8) is 0 Å². The standard InChI is InChI=1S/C17H12ClFN2O3S2/c1-24-16(23)15(22)12-13(10-6-3-7-26-10)20-17(25)21-14(12)11-8(18)4-2-5-9(11)19/h2-7,14H,1H3,(H2,20,21,25)/t14-/m0/s1. The van der Waals surface area contributed by atoms with Crippen LogP contribution in [-0.4, -0.2) is 24.0 Å². The average Bonchev–Trinajstić information content (AvgIpc) is 3.14. The minimum absolute atomic E-state index is 0.0140. The zero-order valence-corrected chi connectivity index (χ0v) is 15.7. The Hall–Kier alpha value is -2.29. The van der Waals surface area contributed by atoms with E-state index in [1.165, 1.54) is 29.5 Å². The SMILES string of the molecule is COC(=O)C(=O)C1=C(c2cccs2)NC(=S)N[C@H]1c1c(F)cccc1Cl. The highest BCUT2D eigenvalue weighted by molar-refractivity contribution is 7.80. The number of ether oxygens (including phenoxy) is 1. The highest BCUT2D eigenvalue weighted by Gasteiger charge is 2.38. The van der Waals surface area contributed by atoms with Gasteiger partial charge in [-0.1, -0.05) is 23.7 Å². The first-order valence-corrected chi connectivity index (χ1v) is 9.02. The van der Waals surface area contributed by atoms with E-state index in [-0.39, 0.29) is 21.3 Å². The lowest BCUT2D eigenvalue weighted by Crippen LogP contribution is -2.46. The van der Waals surface area contributed by atoms with E-state index in [1.807, 2.05) is 0 Å². The molecule has 9 heteroatoms. The van der Waals surface area contributed by atoms with Gasteiger partial charge in [0.2, 0.25) is 0 Å². The van der Waals surface area contributed by atoms with Crippen LogP contribution in [0.2, 0.25) is 5.02 Å². The largest absolute Gasteiger partial charge is 0.463 e. The molecular formula is C17H12ClFN2O3S2. The summed E-state index contributed by atoms with van der Waals surface area (Å²) in [6, 6.07) is 6.67. The third-order valence-electron chi connectivity index (χ3n) is 3.74. The number of benzene rings is 1. The fourth-order valence-electron chi connectivity index (χ4n) is 2.63. The molecule has 0 saturated heterocycles. The van der Waals surface area contributed by atoms with E-state index in [0.29, 0.717) is 10.6 Å². The second-order valence-electron chi connectivity index (χ2n) is 5.25. The van der Waals surface area contributed by atoms with Crippen molar-refractivity contribution < 1.29 is 18.7 Å². The maximum Gasteiger partial charge on any atom is 0.379 e. The lowest BCUT2D eigenvalue weighted by Gasteiger charge is -2.31. The quantitative estimate of drug-likeness (QED) is 0.458. The molecule has 2 N–H and O–H groups in total. The van der Waals surface area contributed by atoms with Gasteiger partial charge >= 0.3 is 5.97 Å². The molecule has 0 spiro atoms. The third-order valence-corrected chi connectivity index (χ3v) is 5.18.